The van der Waals surface area contributed by atoms with Crippen LogP contribution < -0.4 is 0 Å². The lowest BCUT2D eigenvalue weighted by Gasteiger charge is -2.27. The average molecular weight is 314 g/mol. The summed E-state index contributed by atoms with van der Waals surface area (Å²) in [4.78, 5) is 24.2. The molecule has 1 rings (SSSR count). The predicted octanol–water partition coefficient (Wildman–Crippen LogP) is 3.55. The third kappa shape index (κ3) is 6.49. The first-order valence-corrected chi connectivity index (χ1v) is 7.00. The summed E-state index contributed by atoms with van der Waals surface area (Å²) in [5.41, 5.74) is 0.106. The number of carboxylic acids is 1. The van der Waals surface area contributed by atoms with Gasteiger partial charge >= 0.3 is 12.1 Å². The van der Waals surface area contributed by atoms with Crippen LogP contribution in [-0.4, -0.2) is 34.2 Å². The van der Waals surface area contributed by atoms with Gasteiger partial charge in [0.05, 0.1) is 13.0 Å². The molecule has 116 valence electrons. The van der Waals surface area contributed by atoms with Crippen molar-refractivity contribution < 1.29 is 19.4 Å². The molecule has 0 aliphatic carbocycles. The zero-order chi connectivity index (χ0) is 16.0. The van der Waals surface area contributed by atoms with E-state index < -0.39 is 17.7 Å². The van der Waals surface area contributed by atoms with Crippen LogP contribution in [0.15, 0.2) is 24.3 Å². The van der Waals surface area contributed by atoms with Crippen LogP contribution in [0.1, 0.15) is 32.8 Å². The van der Waals surface area contributed by atoms with Gasteiger partial charge < -0.3 is 14.7 Å². The van der Waals surface area contributed by atoms with Crippen molar-refractivity contribution in [2.24, 2.45) is 0 Å². The van der Waals surface area contributed by atoms with Crippen molar-refractivity contribution in [1.82, 2.24) is 4.90 Å². The fourth-order valence-electron chi connectivity index (χ4n) is 1.62. The minimum absolute atomic E-state index is 0.0650. The Morgan fingerprint density at radius 2 is 1.90 bits per heavy atom. The van der Waals surface area contributed by atoms with Gasteiger partial charge in [0.25, 0.3) is 0 Å². The molecule has 0 aliphatic rings. The molecule has 1 N–H and O–H groups in total. The van der Waals surface area contributed by atoms with Gasteiger partial charge in [-0.25, -0.2) is 4.79 Å². The van der Waals surface area contributed by atoms with E-state index in [1.54, 1.807) is 39.0 Å². The van der Waals surface area contributed by atoms with E-state index in [1.807, 2.05) is 6.07 Å². The largest absolute Gasteiger partial charge is 0.481 e. The van der Waals surface area contributed by atoms with E-state index in [0.717, 1.165) is 5.56 Å². The SMILES string of the molecule is CC(C)(C)OC(=O)N(CCC(=O)O)Cc1ccccc1Cl. The number of benzene rings is 1. The second-order valence-corrected chi connectivity index (χ2v) is 6.04. The van der Waals surface area contributed by atoms with Crippen LogP contribution in [0.5, 0.6) is 0 Å². The molecule has 1 amide bonds. The van der Waals surface area contributed by atoms with Gasteiger partial charge in [0.2, 0.25) is 0 Å². The lowest BCUT2D eigenvalue weighted by Crippen LogP contribution is -2.37. The Bertz CT molecular complexity index is 511. The molecule has 0 bridgehead atoms. The number of hydrogen-bond acceptors (Lipinski definition) is 3. The Kier molecular flexibility index (Phi) is 6.03. The van der Waals surface area contributed by atoms with Crippen LogP contribution in [0.25, 0.3) is 0 Å². The smallest absolute Gasteiger partial charge is 0.410 e. The fourth-order valence-corrected chi connectivity index (χ4v) is 1.82. The minimum Gasteiger partial charge on any atom is -0.481 e. The molecule has 1 aromatic rings. The summed E-state index contributed by atoms with van der Waals surface area (Å²) < 4.78 is 5.30. The van der Waals surface area contributed by atoms with E-state index in [0.29, 0.717) is 5.02 Å². The second-order valence-electron chi connectivity index (χ2n) is 5.64. The van der Waals surface area contributed by atoms with Gasteiger partial charge in [0, 0.05) is 11.6 Å². The summed E-state index contributed by atoms with van der Waals surface area (Å²) >= 11 is 6.07. The number of nitrogens with zero attached hydrogens (tertiary/aromatic N) is 1. The van der Waals surface area contributed by atoms with Crippen molar-refractivity contribution >= 4 is 23.7 Å². The van der Waals surface area contributed by atoms with Crippen LogP contribution >= 0.6 is 11.6 Å². The molecule has 0 saturated heterocycles. The zero-order valence-electron chi connectivity index (χ0n) is 12.4. The lowest BCUT2D eigenvalue weighted by atomic mass is 10.2. The molecule has 0 atom stereocenters. The van der Waals surface area contributed by atoms with Crippen LogP contribution in [0, 0.1) is 0 Å². The first kappa shape index (κ1) is 17.3. The van der Waals surface area contributed by atoms with Crippen LogP contribution in [0.3, 0.4) is 0 Å². The molecule has 1 aromatic carbocycles. The fraction of sp³-hybridized carbons (Fsp3) is 0.467. The number of aliphatic carboxylic acids is 1. The van der Waals surface area contributed by atoms with E-state index >= 15 is 0 Å². The Labute approximate surface area is 129 Å². The Hall–Kier alpha value is -1.75. The van der Waals surface area contributed by atoms with Crippen molar-refractivity contribution in [3.05, 3.63) is 34.9 Å². The molecule has 0 heterocycles. The summed E-state index contributed by atoms with van der Waals surface area (Å²) in [6.07, 6.45) is -0.701. The number of halogens is 1. The molecule has 0 fully saturated rings. The number of amides is 1. The van der Waals surface area contributed by atoms with Gasteiger partial charge in [-0.15, -0.1) is 0 Å². The maximum atomic E-state index is 12.2. The second kappa shape index (κ2) is 7.31. The number of carboxylic acid groups (broad SMARTS) is 1. The number of carbonyl (C=O) groups excluding carboxylic acids is 1. The highest BCUT2D eigenvalue weighted by molar-refractivity contribution is 6.31. The third-order valence-electron chi connectivity index (χ3n) is 2.57. The highest BCUT2D eigenvalue weighted by atomic mass is 35.5. The molecular weight excluding hydrogens is 294 g/mol. The summed E-state index contributed by atoms with van der Waals surface area (Å²) in [6, 6.07) is 7.12. The van der Waals surface area contributed by atoms with Crippen LogP contribution in [-0.2, 0) is 16.1 Å². The summed E-state index contributed by atoms with van der Waals surface area (Å²) in [5.74, 6) is -0.970. The minimum atomic E-state index is -0.970. The standard InChI is InChI=1S/C15H20ClNO4/c1-15(2,3)21-14(20)17(9-8-13(18)19)10-11-6-4-5-7-12(11)16/h4-7H,8-10H2,1-3H3,(H,18,19). The molecule has 0 radical (unpaired) electrons. The molecule has 0 aromatic heterocycles. The van der Waals surface area contributed by atoms with E-state index in [4.69, 9.17) is 21.4 Å². The van der Waals surface area contributed by atoms with Gasteiger partial charge in [-0.1, -0.05) is 29.8 Å². The van der Waals surface area contributed by atoms with E-state index in [2.05, 4.69) is 0 Å². The summed E-state index contributed by atoms with van der Waals surface area (Å²) in [5, 5.41) is 9.32. The molecule has 21 heavy (non-hydrogen) atoms. The van der Waals surface area contributed by atoms with Crippen molar-refractivity contribution in [3.8, 4) is 0 Å². The number of carbonyl (C=O) groups is 2. The molecule has 0 aliphatic heterocycles. The molecular formula is C15H20ClNO4. The van der Waals surface area contributed by atoms with Crippen molar-refractivity contribution in [3.63, 3.8) is 0 Å². The quantitative estimate of drug-likeness (QED) is 0.902. The van der Waals surface area contributed by atoms with Crippen molar-refractivity contribution in [2.75, 3.05) is 6.54 Å². The Morgan fingerprint density at radius 1 is 1.29 bits per heavy atom. The van der Waals surface area contributed by atoms with Crippen LogP contribution in [0.4, 0.5) is 4.79 Å². The predicted molar refractivity (Wildman–Crippen MR) is 80.3 cm³/mol. The average Bonchev–Trinajstić information content (AvgIpc) is 2.34. The number of hydrogen-bond donors (Lipinski definition) is 1. The van der Waals surface area contributed by atoms with Gasteiger partial charge in [-0.3, -0.25) is 4.79 Å². The van der Waals surface area contributed by atoms with E-state index in [1.165, 1.54) is 4.90 Å². The molecule has 0 spiro atoms. The van der Waals surface area contributed by atoms with Gasteiger partial charge in [-0.2, -0.15) is 0 Å². The van der Waals surface area contributed by atoms with Gasteiger partial charge in [0.15, 0.2) is 0 Å². The summed E-state index contributed by atoms with van der Waals surface area (Å²) in [7, 11) is 0. The first-order chi connectivity index (χ1) is 9.69. The topological polar surface area (TPSA) is 66.8 Å². The number of ether oxygens (including phenoxy) is 1. The van der Waals surface area contributed by atoms with Gasteiger partial charge in [-0.05, 0) is 32.4 Å². The molecule has 6 heteroatoms. The van der Waals surface area contributed by atoms with Crippen molar-refractivity contribution in [2.45, 2.75) is 39.3 Å². The molecule has 5 nitrogen and oxygen atoms in total. The van der Waals surface area contributed by atoms with Gasteiger partial charge in [0.1, 0.15) is 5.60 Å². The Morgan fingerprint density at radius 3 is 2.43 bits per heavy atom. The van der Waals surface area contributed by atoms with E-state index in [9.17, 15) is 9.59 Å². The maximum absolute atomic E-state index is 12.2. The third-order valence-corrected chi connectivity index (χ3v) is 2.94. The highest BCUT2D eigenvalue weighted by Crippen LogP contribution is 2.19. The zero-order valence-corrected chi connectivity index (χ0v) is 13.2. The Balaban J connectivity index is 2.84. The maximum Gasteiger partial charge on any atom is 0.410 e. The highest BCUT2D eigenvalue weighted by Gasteiger charge is 2.23. The summed E-state index contributed by atoms with van der Waals surface area (Å²) in [6.45, 7) is 5.55. The van der Waals surface area contributed by atoms with E-state index in [-0.39, 0.29) is 19.5 Å². The molecule has 0 saturated carbocycles. The molecule has 0 unspecified atom stereocenters. The monoisotopic (exact) mass is 313 g/mol. The normalized spacial score (nSPS) is 11.0. The first-order valence-electron chi connectivity index (χ1n) is 6.62. The number of rotatable bonds is 5. The van der Waals surface area contributed by atoms with Crippen molar-refractivity contribution in [1.29, 1.82) is 0 Å². The lowest BCUT2D eigenvalue weighted by molar-refractivity contribution is -0.137. The van der Waals surface area contributed by atoms with Crippen LogP contribution in [0.2, 0.25) is 5.02 Å².